The fourth-order valence-corrected chi connectivity index (χ4v) is 33.4. The zero-order chi connectivity index (χ0) is 38.1. The molecule has 0 radical (unpaired) electrons. The molecule has 0 spiro atoms. The first-order valence-electron chi connectivity index (χ1n) is 19.1. The Balaban J connectivity index is 0.00000266. The Kier molecular flexibility index (Phi) is 12.0. The van der Waals surface area contributed by atoms with E-state index in [-0.39, 0.29) is 35.6 Å². The predicted molar refractivity (Wildman–Crippen MR) is 254 cm³/mol. The van der Waals surface area contributed by atoms with Gasteiger partial charge in [-0.3, -0.25) is 0 Å². The third-order valence-electron chi connectivity index (χ3n) is 12.1. The number of fused-ring (bicyclic) bond motifs is 3. The summed E-state index contributed by atoms with van der Waals surface area (Å²) in [5.41, 5.74) is 13.4. The molecule has 6 aromatic carbocycles. The van der Waals surface area contributed by atoms with Crippen LogP contribution in [-0.2, 0) is 35.3 Å². The molecule has 56 heavy (non-hydrogen) atoms. The number of hydrogen-bond acceptors (Lipinski definition) is 0. The molecular formula is C51H50Br2Cl2Hf. The van der Waals surface area contributed by atoms with Crippen LogP contribution in [0.3, 0.4) is 0 Å². The minimum absolute atomic E-state index is 0. The van der Waals surface area contributed by atoms with Gasteiger partial charge in [-0.05, 0) is 0 Å². The fourth-order valence-electron chi connectivity index (χ4n) is 9.44. The first-order chi connectivity index (χ1) is 25.7. The van der Waals surface area contributed by atoms with Gasteiger partial charge < -0.3 is 0 Å². The van der Waals surface area contributed by atoms with Crippen molar-refractivity contribution in [3.8, 4) is 33.4 Å². The van der Waals surface area contributed by atoms with E-state index in [0.717, 1.165) is 21.8 Å². The van der Waals surface area contributed by atoms with Crippen LogP contribution in [0.5, 0.6) is 0 Å². The summed E-state index contributed by atoms with van der Waals surface area (Å²) >= 11 is 2.28. The third-order valence-corrected chi connectivity index (χ3v) is 37.1. The Morgan fingerprint density at radius 3 is 1.55 bits per heavy atom. The van der Waals surface area contributed by atoms with Crippen LogP contribution in [0, 0.1) is 0 Å². The molecule has 0 atom stereocenters. The Morgan fingerprint density at radius 1 is 0.571 bits per heavy atom. The van der Waals surface area contributed by atoms with E-state index in [1.807, 2.05) is 0 Å². The third kappa shape index (κ3) is 6.92. The summed E-state index contributed by atoms with van der Waals surface area (Å²) in [5, 5.41) is 0. The molecule has 0 amide bonds. The molecule has 286 valence electrons. The fraction of sp³-hybridized carbons (Fsp3) is 0.196. The molecule has 0 nitrogen and oxygen atoms in total. The van der Waals surface area contributed by atoms with E-state index in [0.29, 0.717) is 0 Å². The summed E-state index contributed by atoms with van der Waals surface area (Å²) in [6.07, 6.45) is 8.82. The summed E-state index contributed by atoms with van der Waals surface area (Å²) in [5.74, 6) is 0. The topological polar surface area (TPSA) is 0 Å². The molecule has 0 fully saturated rings. The standard InChI is InChI=1S/C33H33.2C6H4Br.C5H5.CH2.2ClH.Hf/c1-32(2,3)30-20-26-24(18-28(30)22-13-9-7-10-14-22)17-25-19-29(23-15-11-8-12-16-23)31(21-27(25)26)33(4,5)6;2*7-6-4-2-1-3-5-6;1-2-4-5-3-1;;;;/h7-16,18,20-21H,17H2,1-6H3;2*2-5H;1-3H,4H2;1H2;2*1H;. The Hall–Kier alpha value is -2.92. The zero-order valence-electron chi connectivity index (χ0n) is 33.1. The van der Waals surface area contributed by atoms with E-state index in [2.05, 4.69) is 219 Å². The molecule has 0 saturated heterocycles. The first kappa shape index (κ1) is 42.7. The van der Waals surface area contributed by atoms with Gasteiger partial charge >= 0.3 is 343 Å². The number of benzene rings is 6. The Morgan fingerprint density at radius 2 is 1.07 bits per heavy atom. The van der Waals surface area contributed by atoms with Crippen molar-refractivity contribution in [1.29, 1.82) is 0 Å². The molecule has 0 N–H and O–H groups in total. The van der Waals surface area contributed by atoms with Crippen molar-refractivity contribution in [1.82, 2.24) is 0 Å². The van der Waals surface area contributed by atoms with Gasteiger partial charge in [-0.25, -0.2) is 0 Å². The van der Waals surface area contributed by atoms with Crippen LogP contribution in [-0.4, -0.2) is 4.26 Å². The number of allylic oxidation sites excluding steroid dienone is 4. The second-order valence-corrected chi connectivity index (χ2v) is 38.0. The average Bonchev–Trinajstić information content (AvgIpc) is 3.83. The van der Waals surface area contributed by atoms with Crippen molar-refractivity contribution in [3.05, 3.63) is 180 Å². The van der Waals surface area contributed by atoms with E-state index < -0.39 is 18.0 Å². The second kappa shape index (κ2) is 15.7. The molecular weight excluding hydrogens is 1020 g/mol. The van der Waals surface area contributed by atoms with Crippen LogP contribution in [0.25, 0.3) is 33.4 Å². The molecule has 8 rings (SSSR count). The van der Waals surface area contributed by atoms with Crippen molar-refractivity contribution in [2.75, 3.05) is 0 Å². The van der Waals surface area contributed by atoms with Crippen LogP contribution in [0.15, 0.2) is 158 Å². The molecule has 0 aliphatic heterocycles. The average molecular weight is 1070 g/mol. The summed E-state index contributed by atoms with van der Waals surface area (Å²) in [6, 6.07) is 48.4. The van der Waals surface area contributed by atoms with Gasteiger partial charge in [0, 0.05) is 0 Å². The summed E-state index contributed by atoms with van der Waals surface area (Å²) in [7, 11) is 0. The molecule has 0 saturated carbocycles. The minimum atomic E-state index is -5.35. The second-order valence-electron chi connectivity index (χ2n) is 17.5. The Labute approximate surface area is 364 Å². The van der Waals surface area contributed by atoms with E-state index in [1.54, 1.807) is 0 Å². The molecule has 0 unspecified atom stereocenters. The molecule has 0 bridgehead atoms. The van der Waals surface area contributed by atoms with Crippen molar-refractivity contribution in [2.45, 2.75) is 65.2 Å². The van der Waals surface area contributed by atoms with Crippen LogP contribution in [0.4, 0.5) is 0 Å². The van der Waals surface area contributed by atoms with Crippen molar-refractivity contribution in [2.24, 2.45) is 0 Å². The van der Waals surface area contributed by atoms with Gasteiger partial charge in [-0.1, -0.05) is 0 Å². The first-order valence-corrected chi connectivity index (χ1v) is 30.4. The molecule has 2 aliphatic rings. The van der Waals surface area contributed by atoms with Crippen molar-refractivity contribution in [3.63, 3.8) is 0 Å². The van der Waals surface area contributed by atoms with Crippen LogP contribution < -0.4 is 9.96 Å². The van der Waals surface area contributed by atoms with E-state index in [1.165, 1.54) is 68.9 Å². The summed E-state index contributed by atoms with van der Waals surface area (Å²) in [6.45, 7) is 14.2. The summed E-state index contributed by atoms with van der Waals surface area (Å²) in [4.78, 5) is 0. The van der Waals surface area contributed by atoms with Gasteiger partial charge in [0.05, 0.1) is 0 Å². The zero-order valence-corrected chi connectivity index (χ0v) is 41.4. The normalized spacial score (nSPS) is 13.7. The van der Waals surface area contributed by atoms with E-state index in [9.17, 15) is 0 Å². The van der Waals surface area contributed by atoms with Gasteiger partial charge in [0.25, 0.3) is 0 Å². The number of rotatable bonds is 6. The quantitative estimate of drug-likeness (QED) is 0.146. The van der Waals surface area contributed by atoms with Crippen molar-refractivity contribution >= 4 is 70.9 Å². The van der Waals surface area contributed by atoms with Gasteiger partial charge in [0.1, 0.15) is 0 Å². The van der Waals surface area contributed by atoms with Gasteiger partial charge in [0.2, 0.25) is 0 Å². The van der Waals surface area contributed by atoms with Gasteiger partial charge in [-0.15, -0.1) is 24.8 Å². The maximum absolute atomic E-state index is 5.91. The number of halogens is 4. The SMILES string of the molecule is Cl.Cl.[CH2]=[Hf]([C]1=CC=CC1)([c]1ccc(Br)cc1)([c]1ccc(Br)cc1)[c]1c2c(cc(C(C)(C)C)c1-c1ccccc1)-c1cc(C(C)(C)C)c(-c3ccccc3)cc1C2. The van der Waals surface area contributed by atoms with E-state index in [4.69, 9.17) is 4.26 Å². The summed E-state index contributed by atoms with van der Waals surface area (Å²) < 4.78 is 13.8. The Bertz CT molecular complexity index is 2500. The molecule has 5 heteroatoms. The molecule has 0 aromatic heterocycles. The van der Waals surface area contributed by atoms with Gasteiger partial charge in [-0.2, -0.15) is 0 Å². The monoisotopic (exact) mass is 1070 g/mol. The van der Waals surface area contributed by atoms with E-state index >= 15 is 0 Å². The molecule has 0 heterocycles. The van der Waals surface area contributed by atoms with Crippen LogP contribution >= 0.6 is 56.7 Å². The van der Waals surface area contributed by atoms with Crippen LogP contribution in [0.1, 0.15) is 70.2 Å². The van der Waals surface area contributed by atoms with Crippen LogP contribution in [0.2, 0.25) is 0 Å². The molecule has 6 aromatic rings. The number of hydrogen-bond donors (Lipinski definition) is 0. The molecule has 2 aliphatic carbocycles. The predicted octanol–water partition coefficient (Wildman–Crippen LogP) is 13.8. The maximum atomic E-state index is 5.91. The van der Waals surface area contributed by atoms with Gasteiger partial charge in [0.15, 0.2) is 0 Å². The van der Waals surface area contributed by atoms with Crippen molar-refractivity contribution < 1.29 is 18.0 Å².